The molecule has 7 nitrogen and oxygen atoms in total. The second kappa shape index (κ2) is 5.65. The molecule has 1 aliphatic rings. The molecule has 1 heterocycles. The van der Waals surface area contributed by atoms with Crippen molar-refractivity contribution in [2.75, 3.05) is 11.9 Å². The van der Waals surface area contributed by atoms with Gasteiger partial charge in [0, 0.05) is 32.1 Å². The Labute approximate surface area is 116 Å². The van der Waals surface area contributed by atoms with E-state index in [4.69, 9.17) is 5.26 Å². The second-order valence-electron chi connectivity index (χ2n) is 4.78. The average Bonchev–Trinajstić information content (AvgIpc) is 2.46. The number of hydrogen-bond donors (Lipinski definition) is 0. The Morgan fingerprint density at radius 1 is 1.50 bits per heavy atom. The molecule has 0 N–H and O–H groups in total. The molecule has 1 aromatic heterocycles. The lowest BCUT2D eigenvalue weighted by Crippen LogP contribution is -2.36. The molecule has 1 aliphatic carbocycles. The predicted octanol–water partition coefficient (Wildman–Crippen LogP) is 1.81. The van der Waals surface area contributed by atoms with Gasteiger partial charge >= 0.3 is 5.69 Å². The zero-order chi connectivity index (χ0) is 14.7. The molecule has 0 unspecified atom stereocenters. The van der Waals surface area contributed by atoms with Gasteiger partial charge in [-0.3, -0.25) is 14.9 Å². The summed E-state index contributed by atoms with van der Waals surface area (Å²) in [6.45, 7) is 0. The van der Waals surface area contributed by atoms with Crippen LogP contribution in [0.3, 0.4) is 0 Å². The molecule has 0 saturated heterocycles. The summed E-state index contributed by atoms with van der Waals surface area (Å²) in [5, 5.41) is 20.1. The van der Waals surface area contributed by atoms with E-state index in [9.17, 15) is 14.9 Å². The number of aromatic nitrogens is 1. The van der Waals surface area contributed by atoms with E-state index in [0.717, 1.165) is 0 Å². The van der Waals surface area contributed by atoms with Crippen molar-refractivity contribution < 1.29 is 9.72 Å². The molecule has 7 heteroatoms. The van der Waals surface area contributed by atoms with Crippen LogP contribution in [0.4, 0.5) is 11.5 Å². The summed E-state index contributed by atoms with van der Waals surface area (Å²) in [5.41, 5.74) is -0.270. The van der Waals surface area contributed by atoms with Crippen LogP contribution in [0, 0.1) is 21.4 Å². The maximum atomic E-state index is 11.3. The van der Waals surface area contributed by atoms with Crippen molar-refractivity contribution in [3.8, 4) is 6.07 Å². The van der Waals surface area contributed by atoms with Gasteiger partial charge in [-0.05, 0) is 18.9 Å². The molecule has 1 saturated carbocycles. The van der Waals surface area contributed by atoms with E-state index < -0.39 is 4.92 Å². The van der Waals surface area contributed by atoms with Crippen LogP contribution < -0.4 is 4.90 Å². The number of carbonyl (C=O) groups excluding carboxylic acids is 1. The van der Waals surface area contributed by atoms with Gasteiger partial charge < -0.3 is 4.90 Å². The molecule has 0 aromatic carbocycles. The minimum absolute atomic E-state index is 0.00117. The van der Waals surface area contributed by atoms with Crippen LogP contribution in [0.1, 0.15) is 31.2 Å². The van der Waals surface area contributed by atoms with Crippen LogP contribution in [0.5, 0.6) is 0 Å². The van der Waals surface area contributed by atoms with Gasteiger partial charge in [0.15, 0.2) is 0 Å². The first-order chi connectivity index (χ1) is 9.54. The lowest BCUT2D eigenvalue weighted by atomic mass is 9.93. The molecule has 20 heavy (non-hydrogen) atoms. The lowest BCUT2D eigenvalue weighted by Gasteiger charge is -2.31. The second-order valence-corrected chi connectivity index (χ2v) is 4.78. The van der Waals surface area contributed by atoms with Gasteiger partial charge in [0.25, 0.3) is 0 Å². The van der Waals surface area contributed by atoms with Crippen LogP contribution in [0.2, 0.25) is 0 Å². The van der Waals surface area contributed by atoms with Gasteiger partial charge in [0.2, 0.25) is 5.82 Å². The fraction of sp³-hybridized carbons (Fsp3) is 0.462. The summed E-state index contributed by atoms with van der Waals surface area (Å²) < 4.78 is 0. The zero-order valence-corrected chi connectivity index (χ0v) is 11.1. The zero-order valence-electron chi connectivity index (χ0n) is 11.1. The Hall–Kier alpha value is -2.49. The summed E-state index contributed by atoms with van der Waals surface area (Å²) in [7, 11) is 1.72. The Bertz CT molecular complexity index is 584. The highest BCUT2D eigenvalue weighted by Crippen LogP contribution is 2.32. The van der Waals surface area contributed by atoms with Crippen LogP contribution in [0.15, 0.2) is 12.3 Å². The molecular formula is C13H14N4O3. The molecule has 0 atom stereocenters. The normalized spacial score (nSPS) is 15.7. The predicted molar refractivity (Wildman–Crippen MR) is 71.3 cm³/mol. The van der Waals surface area contributed by atoms with Gasteiger partial charge in [0.05, 0.1) is 4.92 Å². The Kier molecular flexibility index (Phi) is 3.94. The molecular weight excluding hydrogens is 260 g/mol. The molecule has 0 bridgehead atoms. The standard InChI is InChI=1S/C13H14N4O3/c1-16(10-2-4-11(18)5-3-10)13-12(17(19)20)9(8-14)6-7-15-13/h6-7,10H,2-5H2,1H3. The minimum atomic E-state index is -0.578. The van der Waals surface area contributed by atoms with E-state index in [2.05, 4.69) is 4.98 Å². The van der Waals surface area contributed by atoms with E-state index in [0.29, 0.717) is 25.7 Å². The van der Waals surface area contributed by atoms with Crippen molar-refractivity contribution >= 4 is 17.3 Å². The number of nitro groups is 1. The number of ketones is 1. The fourth-order valence-electron chi connectivity index (χ4n) is 2.46. The smallest absolute Gasteiger partial charge is 0.329 e. The van der Waals surface area contributed by atoms with Crippen molar-refractivity contribution in [1.82, 2.24) is 4.98 Å². The van der Waals surface area contributed by atoms with Gasteiger partial charge in [-0.25, -0.2) is 4.98 Å². The number of Topliss-reactive ketones (excluding diaryl/α,β-unsaturated/α-hetero) is 1. The van der Waals surface area contributed by atoms with Crippen LogP contribution in [-0.2, 0) is 4.79 Å². The minimum Gasteiger partial charge on any atom is -0.351 e. The Morgan fingerprint density at radius 3 is 2.70 bits per heavy atom. The summed E-state index contributed by atoms with van der Waals surface area (Å²) in [6.07, 6.45) is 3.68. The molecule has 104 valence electrons. The summed E-state index contributed by atoms with van der Waals surface area (Å²) in [5.74, 6) is 0.413. The maximum Gasteiger partial charge on any atom is 0.329 e. The monoisotopic (exact) mass is 274 g/mol. The van der Waals surface area contributed by atoms with Gasteiger partial charge in [-0.1, -0.05) is 0 Å². The molecule has 0 aliphatic heterocycles. The van der Waals surface area contributed by atoms with Crippen LogP contribution in [-0.4, -0.2) is 28.8 Å². The first-order valence-corrected chi connectivity index (χ1v) is 6.32. The van der Waals surface area contributed by atoms with Crippen molar-refractivity contribution in [2.45, 2.75) is 31.7 Å². The highest BCUT2D eigenvalue weighted by atomic mass is 16.6. The summed E-state index contributed by atoms with van der Waals surface area (Å²) >= 11 is 0. The quantitative estimate of drug-likeness (QED) is 0.615. The number of nitriles is 1. The van der Waals surface area contributed by atoms with Crippen molar-refractivity contribution in [3.63, 3.8) is 0 Å². The number of hydrogen-bond acceptors (Lipinski definition) is 6. The first-order valence-electron chi connectivity index (χ1n) is 6.32. The number of nitrogens with zero attached hydrogens (tertiary/aromatic N) is 4. The molecule has 0 spiro atoms. The van der Waals surface area contributed by atoms with Gasteiger partial charge in [-0.15, -0.1) is 0 Å². The Balaban J connectivity index is 2.35. The van der Waals surface area contributed by atoms with Gasteiger partial charge in [0.1, 0.15) is 17.4 Å². The lowest BCUT2D eigenvalue weighted by molar-refractivity contribution is -0.384. The molecule has 0 radical (unpaired) electrons. The SMILES string of the molecule is CN(c1nccc(C#N)c1[N+](=O)[O-])C1CCC(=O)CC1. The molecule has 0 amide bonds. The largest absolute Gasteiger partial charge is 0.351 e. The Morgan fingerprint density at radius 2 is 2.15 bits per heavy atom. The molecule has 1 fully saturated rings. The van der Waals surface area contributed by atoms with E-state index in [-0.39, 0.29) is 28.9 Å². The van der Waals surface area contributed by atoms with Crippen molar-refractivity contribution in [3.05, 3.63) is 27.9 Å². The highest BCUT2D eigenvalue weighted by molar-refractivity contribution is 5.79. The number of anilines is 1. The first kappa shape index (κ1) is 13.9. The third-order valence-corrected chi connectivity index (χ3v) is 3.60. The third kappa shape index (κ3) is 2.59. The van der Waals surface area contributed by atoms with E-state index >= 15 is 0 Å². The summed E-state index contributed by atoms with van der Waals surface area (Å²) in [6, 6.07) is 3.19. The third-order valence-electron chi connectivity index (χ3n) is 3.60. The summed E-state index contributed by atoms with van der Waals surface area (Å²) in [4.78, 5) is 27.6. The van der Waals surface area contributed by atoms with E-state index in [1.165, 1.54) is 12.3 Å². The molecule has 2 rings (SSSR count). The average molecular weight is 274 g/mol. The van der Waals surface area contributed by atoms with E-state index in [1.54, 1.807) is 11.9 Å². The molecule has 1 aromatic rings. The topological polar surface area (TPSA) is 100 Å². The number of pyridine rings is 1. The maximum absolute atomic E-state index is 11.3. The highest BCUT2D eigenvalue weighted by Gasteiger charge is 2.29. The van der Waals surface area contributed by atoms with Gasteiger partial charge in [-0.2, -0.15) is 5.26 Å². The van der Waals surface area contributed by atoms with Crippen LogP contribution >= 0.6 is 0 Å². The number of carbonyl (C=O) groups is 1. The fourth-order valence-corrected chi connectivity index (χ4v) is 2.46. The van der Waals surface area contributed by atoms with Crippen molar-refractivity contribution in [1.29, 1.82) is 5.26 Å². The van der Waals surface area contributed by atoms with Crippen molar-refractivity contribution in [2.24, 2.45) is 0 Å². The van der Waals surface area contributed by atoms with Crippen LogP contribution in [0.25, 0.3) is 0 Å². The number of rotatable bonds is 3. The van der Waals surface area contributed by atoms with E-state index in [1.807, 2.05) is 6.07 Å².